The van der Waals surface area contributed by atoms with Gasteiger partial charge in [0.1, 0.15) is 12.2 Å². The van der Waals surface area contributed by atoms with E-state index in [1.807, 2.05) is 51.1 Å². The highest BCUT2D eigenvalue weighted by atomic mass is 16.9. The van der Waals surface area contributed by atoms with E-state index in [-0.39, 0.29) is 23.8 Å². The summed E-state index contributed by atoms with van der Waals surface area (Å²) < 4.78 is 22.0. The smallest absolute Gasteiger partial charge is 0.344 e. The molecule has 14 heteroatoms. The van der Waals surface area contributed by atoms with Gasteiger partial charge < -0.3 is 44.5 Å². The Morgan fingerprint density at radius 2 is 1.67 bits per heavy atom. The molecule has 49 heavy (non-hydrogen) atoms. The number of fused-ring (bicyclic) bond motifs is 2. The minimum atomic E-state index is -3.90. The SMILES string of the molecule is C=[13C](C[13CH2][C@]12O[13C@H]([13C](=O)O)[13C@@](O)([13C](=O)O)[13C@](C(=O)O)(O1)[C@H](OC(=O)/[13CH]=C/[13C@H](C)C[13C@@H](C)C[13CH3])[13C@H]2O)[C@@H](OC(C)=O)[13C@H](C)Cc1ccccc1. The average molecular weight is 704 g/mol. The van der Waals surface area contributed by atoms with Crippen LogP contribution in [0.1, 0.15) is 65.9 Å². The van der Waals surface area contributed by atoms with Gasteiger partial charge in [-0.1, -0.05) is 77.1 Å². The van der Waals surface area contributed by atoms with Crippen LogP contribution in [0.25, 0.3) is 0 Å². The summed E-state index contributed by atoms with van der Waals surface area (Å²) in [5.74, 6) is -11.3. The van der Waals surface area contributed by atoms with Crippen molar-refractivity contribution in [2.24, 2.45) is 17.8 Å². The quantitative estimate of drug-likeness (QED) is 0.0681. The molecule has 270 valence electrons. The maximum Gasteiger partial charge on any atom is 0.344 e. The molecule has 0 unspecified atom stereocenters. The molecule has 2 bridgehead atoms. The van der Waals surface area contributed by atoms with Crippen LogP contribution in [0, 0.1) is 17.8 Å². The molecule has 2 fully saturated rings. The van der Waals surface area contributed by atoms with Crippen molar-refractivity contribution in [3.63, 3.8) is 0 Å². The van der Waals surface area contributed by atoms with Crippen LogP contribution in [-0.2, 0) is 49.3 Å². The van der Waals surface area contributed by atoms with Gasteiger partial charge in [-0.15, -0.1) is 0 Å². The Morgan fingerprint density at radius 3 is 2.20 bits per heavy atom. The molecule has 14 nitrogen and oxygen atoms in total. The van der Waals surface area contributed by atoms with Crippen molar-refractivity contribution >= 4 is 29.8 Å². The summed E-state index contributed by atoms with van der Waals surface area (Å²) >= 11 is 0. The number of aliphatic carboxylic acids is 3. The van der Waals surface area contributed by atoms with Crippen molar-refractivity contribution in [2.75, 3.05) is 0 Å². The maximum atomic E-state index is 13.0. The number of rotatable bonds is 17. The number of aliphatic hydroxyl groups is 2. The maximum absolute atomic E-state index is 13.0. The van der Waals surface area contributed by atoms with Gasteiger partial charge in [0, 0.05) is 25.3 Å². The van der Waals surface area contributed by atoms with E-state index in [9.17, 15) is 49.5 Å². The third-order valence-electron chi connectivity index (χ3n) is 9.29. The molecule has 2 aliphatic heterocycles. The Balaban J connectivity index is 2.02. The number of carboxylic acid groups (broad SMARTS) is 3. The Morgan fingerprint density at radius 1 is 1.04 bits per heavy atom. The van der Waals surface area contributed by atoms with Crippen molar-refractivity contribution in [3.05, 3.63) is 60.2 Å². The van der Waals surface area contributed by atoms with Crippen molar-refractivity contribution in [1.29, 1.82) is 0 Å². The summed E-state index contributed by atoms with van der Waals surface area (Å²) in [7, 11) is 0. The zero-order chi connectivity index (χ0) is 36.9. The van der Waals surface area contributed by atoms with Gasteiger partial charge in [-0.25, -0.2) is 19.2 Å². The van der Waals surface area contributed by atoms with Crippen LogP contribution in [-0.4, -0.2) is 96.8 Å². The molecule has 0 aromatic heterocycles. The van der Waals surface area contributed by atoms with Gasteiger partial charge in [0.25, 0.3) is 0 Å². The molecule has 5 N–H and O–H groups in total. The molecule has 2 saturated heterocycles. The lowest BCUT2D eigenvalue weighted by Crippen LogP contribution is -2.78. The first-order valence-electron chi connectivity index (χ1n) is 16.1. The van der Waals surface area contributed by atoms with E-state index >= 15 is 0 Å². The lowest BCUT2D eigenvalue weighted by atomic mass is 10.1. The molecule has 0 amide bonds. The Labute approximate surface area is 284 Å². The van der Waals surface area contributed by atoms with Crippen LogP contribution in [0.5, 0.6) is 0 Å². The standard InChI is InChI=1S/C35H46O14/c1-7-19(2)17-20(3)13-14-25(37)47-28-27(38)33(48-29(30(39)40)34(45,31(41)42)35(28,49-33)32(43)44)16-15-21(4)26(46-23(6)36)22(5)18-24-11-9-8-10-12-24/h8-14,19-20,22,26-29,38,45H,4,7,15-18H2,1-3,5-6H3,(H,39,40)(H,41,42)(H,43,44)/b14-13+/t19-,20-,22+,26+,27+,28+,29+,33-,34+,35-/m0/s1/i1+1,14+1,16+1,19+1,20+1,21+1,22+1,27+1,29+1,30+1,31+1,34+1,35+1. The molecular formula is C35H46O14. The molecule has 1 aromatic carbocycles. The lowest BCUT2D eigenvalue weighted by molar-refractivity contribution is -0.374. The van der Waals surface area contributed by atoms with Crippen LogP contribution in [0.3, 0.4) is 0 Å². The number of benzene rings is 1. The zero-order valence-electron chi connectivity index (χ0n) is 28.2. The second-order valence-corrected chi connectivity index (χ2v) is 13.1. The second-order valence-electron chi connectivity index (χ2n) is 13.1. The van der Waals surface area contributed by atoms with Gasteiger partial charge in [0.2, 0.25) is 23.1 Å². The average Bonchev–Trinajstić information content (AvgIpc) is 3.25. The zero-order valence-corrected chi connectivity index (χ0v) is 28.2. The Hall–Kier alpha value is -4.11. The highest BCUT2D eigenvalue weighted by molar-refractivity contribution is 5.98. The highest BCUT2D eigenvalue weighted by Gasteiger charge is 2.85. The Bertz CT molecular complexity index is 1440. The molecule has 1 aromatic rings. The number of carbonyl (C=O) groups is 5. The van der Waals surface area contributed by atoms with Crippen LogP contribution in [0.2, 0.25) is 0 Å². The Kier molecular flexibility index (Phi) is 12.5. The summed E-state index contributed by atoms with van der Waals surface area (Å²) in [5.41, 5.74) is -6.27. The van der Waals surface area contributed by atoms with E-state index < -0.39 is 77.7 Å². The molecule has 2 heterocycles. The van der Waals surface area contributed by atoms with Crippen molar-refractivity contribution < 1.29 is 68.5 Å². The van der Waals surface area contributed by atoms with Gasteiger partial charge in [-0.05, 0) is 42.2 Å². The third-order valence-corrected chi connectivity index (χ3v) is 9.29. The van der Waals surface area contributed by atoms with Crippen LogP contribution < -0.4 is 0 Å². The van der Waals surface area contributed by atoms with Gasteiger partial charge in [0.05, 0.1) is 0 Å². The van der Waals surface area contributed by atoms with Crippen molar-refractivity contribution in [2.45, 2.75) is 108 Å². The topological polar surface area (TPSA) is 223 Å². The number of carbonyl (C=O) groups excluding carboxylic acids is 2. The van der Waals surface area contributed by atoms with Crippen molar-refractivity contribution in [1.82, 2.24) is 0 Å². The molecule has 0 radical (unpaired) electrons. The summed E-state index contributed by atoms with van der Waals surface area (Å²) in [5, 5.41) is 53.5. The molecule has 0 spiro atoms. The van der Waals surface area contributed by atoms with E-state index in [2.05, 4.69) is 6.58 Å². The number of carboxylic acids is 3. The van der Waals surface area contributed by atoms with E-state index in [1.165, 1.54) is 13.0 Å². The normalized spacial score (nSPS) is 30.1. The summed E-state index contributed by atoms with van der Waals surface area (Å²) in [6, 6.07) is 9.29. The molecule has 3 rings (SSSR count). The van der Waals surface area contributed by atoms with E-state index in [0.717, 1.165) is 18.1 Å². The number of ether oxygens (including phenoxy) is 4. The minimum Gasteiger partial charge on any atom is -0.479 e. The van der Waals surface area contributed by atoms with Crippen LogP contribution >= 0.6 is 0 Å². The number of allylic oxidation sites excluding steroid dienone is 1. The molecule has 2 aliphatic rings. The number of aliphatic hydroxyl groups excluding tert-OH is 1. The second kappa shape index (κ2) is 15.6. The van der Waals surface area contributed by atoms with Crippen LogP contribution in [0.4, 0.5) is 0 Å². The number of esters is 2. The fraction of sp³-hybridized carbons (Fsp3) is 0.571. The van der Waals surface area contributed by atoms with Crippen LogP contribution in [0.15, 0.2) is 54.6 Å². The fourth-order valence-corrected chi connectivity index (χ4v) is 6.58. The van der Waals surface area contributed by atoms with E-state index in [0.29, 0.717) is 18.8 Å². The summed E-state index contributed by atoms with van der Waals surface area (Å²) in [6.45, 7) is 12.9. The van der Waals surface area contributed by atoms with E-state index in [1.54, 1.807) is 6.92 Å². The summed E-state index contributed by atoms with van der Waals surface area (Å²) in [6.07, 6.45) is -4.83. The summed E-state index contributed by atoms with van der Waals surface area (Å²) in [4.78, 5) is 63.0. The first-order chi connectivity index (χ1) is 22.9. The first kappa shape index (κ1) is 39.3. The van der Waals surface area contributed by atoms with E-state index in [4.69, 9.17) is 18.9 Å². The number of hydrogen-bond acceptors (Lipinski definition) is 11. The van der Waals surface area contributed by atoms with Crippen molar-refractivity contribution in [3.8, 4) is 0 Å². The third kappa shape index (κ3) is 7.88. The van der Waals surface area contributed by atoms with Gasteiger partial charge in [-0.3, -0.25) is 4.79 Å². The largest absolute Gasteiger partial charge is 0.479 e. The van der Waals surface area contributed by atoms with Gasteiger partial charge >= 0.3 is 29.8 Å². The lowest BCUT2D eigenvalue weighted by Gasteiger charge is -2.48. The fourth-order valence-electron chi connectivity index (χ4n) is 6.58. The minimum absolute atomic E-state index is 0.123. The molecule has 10 atom stereocenters. The number of hydrogen-bond donors (Lipinski definition) is 5. The first-order valence-corrected chi connectivity index (χ1v) is 16.1. The van der Waals surface area contributed by atoms with Gasteiger partial charge in [0.15, 0.2) is 6.10 Å². The monoisotopic (exact) mass is 703 g/mol. The molecule has 0 saturated carbocycles. The highest BCUT2D eigenvalue weighted by Crippen LogP contribution is 2.56. The van der Waals surface area contributed by atoms with Gasteiger partial charge in [-0.2, -0.15) is 0 Å². The predicted molar refractivity (Wildman–Crippen MR) is 171 cm³/mol. The molecule has 0 aliphatic carbocycles. The molecular weight excluding hydrogens is 657 g/mol. The predicted octanol–water partition coefficient (Wildman–Crippen LogP) is 2.88.